The third-order valence-corrected chi connectivity index (χ3v) is 5.96. The largest absolute Gasteiger partial charge is 0.356 e. The first-order chi connectivity index (χ1) is 13.2. The van der Waals surface area contributed by atoms with E-state index in [0.717, 1.165) is 61.1 Å². The summed E-state index contributed by atoms with van der Waals surface area (Å²) in [5, 5.41) is 0. The van der Waals surface area contributed by atoms with Crippen molar-refractivity contribution in [2.45, 2.75) is 26.3 Å². The number of anilines is 1. The fourth-order valence-electron chi connectivity index (χ4n) is 4.55. The highest BCUT2D eigenvalue weighted by molar-refractivity contribution is 5.74. The molecule has 1 N–H and O–H groups in total. The van der Waals surface area contributed by atoms with Gasteiger partial charge in [-0.2, -0.15) is 0 Å². The maximum absolute atomic E-state index is 4.73. The van der Waals surface area contributed by atoms with Gasteiger partial charge in [0.25, 0.3) is 0 Å². The Hall–Kier alpha value is -2.47. The van der Waals surface area contributed by atoms with Gasteiger partial charge in [0.05, 0.1) is 17.6 Å². The van der Waals surface area contributed by atoms with Crippen molar-refractivity contribution in [1.82, 2.24) is 24.8 Å². The standard InChI is InChI=1S/C21H26N6/c1-14(2)19-7-21(23-13-22-19)27-10-15-8-26(9-16(15)11-27)12-20-24-17-5-3-4-6-18(17)25-20/h3-7,13-16H,8-12H2,1-2H3,(H,24,25). The average Bonchev–Trinajstić information content (AvgIpc) is 3.34. The molecule has 2 saturated heterocycles. The lowest BCUT2D eigenvalue weighted by Gasteiger charge is -2.22. The number of para-hydroxylation sites is 2. The van der Waals surface area contributed by atoms with Crippen molar-refractivity contribution in [2.75, 3.05) is 31.1 Å². The molecule has 27 heavy (non-hydrogen) atoms. The molecule has 2 fully saturated rings. The first-order valence-corrected chi connectivity index (χ1v) is 9.88. The molecule has 2 aliphatic heterocycles. The van der Waals surface area contributed by atoms with Gasteiger partial charge in [0.15, 0.2) is 0 Å². The minimum atomic E-state index is 0.438. The molecule has 0 radical (unpaired) electrons. The Morgan fingerprint density at radius 1 is 1.07 bits per heavy atom. The summed E-state index contributed by atoms with van der Waals surface area (Å²) in [7, 11) is 0. The van der Waals surface area contributed by atoms with E-state index in [9.17, 15) is 0 Å². The normalized spacial score (nSPS) is 22.9. The van der Waals surface area contributed by atoms with Gasteiger partial charge in [-0.05, 0) is 29.9 Å². The Bertz CT molecular complexity index is 902. The smallest absolute Gasteiger partial charge is 0.132 e. The van der Waals surface area contributed by atoms with Crippen LogP contribution in [0.15, 0.2) is 36.7 Å². The molecule has 140 valence electrons. The predicted octanol–water partition coefficient (Wildman–Crippen LogP) is 3.04. The Morgan fingerprint density at radius 2 is 1.85 bits per heavy atom. The molecule has 3 aromatic rings. The molecule has 0 saturated carbocycles. The van der Waals surface area contributed by atoms with Crippen LogP contribution in [0.25, 0.3) is 11.0 Å². The van der Waals surface area contributed by atoms with Crippen LogP contribution in [0.1, 0.15) is 31.3 Å². The lowest BCUT2D eigenvalue weighted by molar-refractivity contribution is 0.302. The molecule has 2 aromatic heterocycles. The summed E-state index contributed by atoms with van der Waals surface area (Å²) in [4.78, 5) is 22.1. The first-order valence-electron chi connectivity index (χ1n) is 9.88. The number of nitrogens with one attached hydrogen (secondary N) is 1. The maximum Gasteiger partial charge on any atom is 0.132 e. The van der Waals surface area contributed by atoms with Gasteiger partial charge in [-0.25, -0.2) is 15.0 Å². The maximum atomic E-state index is 4.73. The van der Waals surface area contributed by atoms with Crippen LogP contribution in [0.2, 0.25) is 0 Å². The van der Waals surface area contributed by atoms with Gasteiger partial charge in [0, 0.05) is 37.9 Å². The third-order valence-electron chi connectivity index (χ3n) is 5.96. The molecule has 5 rings (SSSR count). The molecule has 0 amide bonds. The first kappa shape index (κ1) is 16.7. The number of hydrogen-bond acceptors (Lipinski definition) is 5. The zero-order chi connectivity index (χ0) is 18.4. The molecule has 6 heteroatoms. The number of aromatic amines is 1. The van der Waals surface area contributed by atoms with Crippen molar-refractivity contribution in [3.05, 3.63) is 48.2 Å². The number of likely N-dealkylation sites (tertiary alicyclic amines) is 1. The predicted molar refractivity (Wildman–Crippen MR) is 107 cm³/mol. The van der Waals surface area contributed by atoms with Crippen LogP contribution in [0.3, 0.4) is 0 Å². The lowest BCUT2D eigenvalue weighted by atomic mass is 10.0. The molecular formula is C21H26N6. The van der Waals surface area contributed by atoms with Crippen LogP contribution in [0.5, 0.6) is 0 Å². The molecule has 2 aliphatic rings. The number of imidazole rings is 1. The fourth-order valence-corrected chi connectivity index (χ4v) is 4.55. The summed E-state index contributed by atoms with van der Waals surface area (Å²) in [6, 6.07) is 10.4. The van der Waals surface area contributed by atoms with Crippen molar-refractivity contribution in [3.63, 3.8) is 0 Å². The molecule has 1 aromatic carbocycles. The van der Waals surface area contributed by atoms with E-state index in [-0.39, 0.29) is 0 Å². The van der Waals surface area contributed by atoms with Crippen molar-refractivity contribution < 1.29 is 0 Å². The second-order valence-electron chi connectivity index (χ2n) is 8.28. The van der Waals surface area contributed by atoms with Gasteiger partial charge < -0.3 is 9.88 Å². The van der Waals surface area contributed by atoms with Gasteiger partial charge in [0.2, 0.25) is 0 Å². The summed E-state index contributed by atoms with van der Waals surface area (Å²) >= 11 is 0. The number of H-pyrrole nitrogens is 1. The van der Waals surface area contributed by atoms with Gasteiger partial charge in [0.1, 0.15) is 18.0 Å². The minimum absolute atomic E-state index is 0.438. The van der Waals surface area contributed by atoms with Gasteiger partial charge >= 0.3 is 0 Å². The lowest BCUT2D eigenvalue weighted by Crippen LogP contribution is -2.29. The van der Waals surface area contributed by atoms with Gasteiger partial charge in [-0.1, -0.05) is 26.0 Å². The Labute approximate surface area is 159 Å². The Balaban J connectivity index is 1.23. The number of aromatic nitrogens is 4. The molecule has 6 nitrogen and oxygen atoms in total. The summed E-state index contributed by atoms with van der Waals surface area (Å²) in [5.74, 6) is 4.03. The highest BCUT2D eigenvalue weighted by atomic mass is 15.3. The summed E-state index contributed by atoms with van der Waals surface area (Å²) in [6.45, 7) is 9.74. The molecule has 0 spiro atoms. The van der Waals surface area contributed by atoms with Crippen LogP contribution in [-0.2, 0) is 6.54 Å². The second kappa shape index (κ2) is 6.60. The summed E-state index contributed by atoms with van der Waals surface area (Å²) in [5.41, 5.74) is 3.31. The molecule has 2 atom stereocenters. The highest BCUT2D eigenvalue weighted by Crippen LogP contribution is 2.34. The Kier molecular flexibility index (Phi) is 4.08. The molecule has 0 bridgehead atoms. The minimum Gasteiger partial charge on any atom is -0.356 e. The van der Waals surface area contributed by atoms with Crippen LogP contribution >= 0.6 is 0 Å². The van der Waals surface area contributed by atoms with E-state index in [1.807, 2.05) is 6.07 Å². The van der Waals surface area contributed by atoms with Crippen molar-refractivity contribution >= 4 is 16.9 Å². The highest BCUT2D eigenvalue weighted by Gasteiger charge is 2.40. The average molecular weight is 362 g/mol. The van der Waals surface area contributed by atoms with E-state index >= 15 is 0 Å². The number of hydrogen-bond donors (Lipinski definition) is 1. The quantitative estimate of drug-likeness (QED) is 0.773. The topological polar surface area (TPSA) is 60.9 Å². The molecule has 4 heterocycles. The number of rotatable bonds is 4. The Morgan fingerprint density at radius 3 is 2.59 bits per heavy atom. The van der Waals surface area contributed by atoms with E-state index in [1.165, 1.54) is 0 Å². The zero-order valence-corrected chi connectivity index (χ0v) is 16.0. The van der Waals surface area contributed by atoms with Crippen molar-refractivity contribution in [3.8, 4) is 0 Å². The van der Waals surface area contributed by atoms with E-state index in [0.29, 0.717) is 17.8 Å². The number of benzene rings is 1. The van der Waals surface area contributed by atoms with Crippen molar-refractivity contribution in [1.29, 1.82) is 0 Å². The zero-order valence-electron chi connectivity index (χ0n) is 16.0. The van der Waals surface area contributed by atoms with E-state index in [4.69, 9.17) is 4.98 Å². The summed E-state index contributed by atoms with van der Waals surface area (Å²) < 4.78 is 0. The molecule has 2 unspecified atom stereocenters. The summed E-state index contributed by atoms with van der Waals surface area (Å²) in [6.07, 6.45) is 1.71. The van der Waals surface area contributed by atoms with Crippen LogP contribution < -0.4 is 4.90 Å². The molecule has 0 aliphatic carbocycles. The van der Waals surface area contributed by atoms with Gasteiger partial charge in [-0.15, -0.1) is 0 Å². The fraction of sp³-hybridized carbons (Fsp3) is 0.476. The third kappa shape index (κ3) is 3.18. The van der Waals surface area contributed by atoms with Crippen LogP contribution in [0, 0.1) is 11.8 Å². The number of nitrogens with zero attached hydrogens (tertiary/aromatic N) is 5. The van der Waals surface area contributed by atoms with E-state index in [1.54, 1.807) is 6.33 Å². The monoisotopic (exact) mass is 362 g/mol. The SMILES string of the molecule is CC(C)c1cc(N2CC3CN(Cc4nc5ccccc5[nH]4)CC3C2)ncn1. The molecular weight excluding hydrogens is 336 g/mol. The van der Waals surface area contributed by atoms with Crippen LogP contribution in [0.4, 0.5) is 5.82 Å². The van der Waals surface area contributed by atoms with Crippen molar-refractivity contribution in [2.24, 2.45) is 11.8 Å². The van der Waals surface area contributed by atoms with Gasteiger partial charge in [-0.3, -0.25) is 4.90 Å². The number of fused-ring (bicyclic) bond motifs is 2. The van der Waals surface area contributed by atoms with E-state index in [2.05, 4.69) is 62.9 Å². The van der Waals surface area contributed by atoms with Crippen LogP contribution in [-0.4, -0.2) is 51.0 Å². The second-order valence-corrected chi connectivity index (χ2v) is 8.28. The van der Waals surface area contributed by atoms with E-state index < -0.39 is 0 Å².